The number of thioether (sulfide) groups is 1. The lowest BCUT2D eigenvalue weighted by Gasteiger charge is -2.06. The highest BCUT2D eigenvalue weighted by molar-refractivity contribution is 7.98. The molecule has 106 valence electrons. The van der Waals surface area contributed by atoms with Crippen LogP contribution in [0.3, 0.4) is 0 Å². The Labute approximate surface area is 133 Å². The summed E-state index contributed by atoms with van der Waals surface area (Å²) in [4.78, 5) is 5.94. The molecule has 0 amide bonds. The Morgan fingerprint density at radius 2 is 1.90 bits per heavy atom. The SMILES string of the molecule is Cc1c(N)cccc1SCc1csc(-c2ccccc2)n1. The Kier molecular flexibility index (Phi) is 4.27. The van der Waals surface area contributed by atoms with Crippen molar-refractivity contribution in [3.05, 3.63) is 65.2 Å². The van der Waals surface area contributed by atoms with Gasteiger partial charge in [-0.15, -0.1) is 23.1 Å². The Hall–Kier alpha value is -1.78. The molecule has 1 aromatic heterocycles. The van der Waals surface area contributed by atoms with Crippen LogP contribution in [0.5, 0.6) is 0 Å². The lowest BCUT2D eigenvalue weighted by atomic mass is 10.2. The zero-order chi connectivity index (χ0) is 14.7. The average Bonchev–Trinajstić information content (AvgIpc) is 2.99. The number of nitrogen functional groups attached to an aromatic ring is 1. The number of rotatable bonds is 4. The van der Waals surface area contributed by atoms with E-state index >= 15 is 0 Å². The number of hydrogen-bond acceptors (Lipinski definition) is 4. The first-order valence-electron chi connectivity index (χ1n) is 6.72. The molecule has 3 rings (SSSR count). The Balaban J connectivity index is 1.72. The van der Waals surface area contributed by atoms with Crippen molar-refractivity contribution in [1.82, 2.24) is 4.98 Å². The fourth-order valence-corrected chi connectivity index (χ4v) is 3.92. The monoisotopic (exact) mass is 312 g/mol. The van der Waals surface area contributed by atoms with Crippen LogP contribution in [-0.4, -0.2) is 4.98 Å². The van der Waals surface area contributed by atoms with Gasteiger partial charge in [0.15, 0.2) is 0 Å². The number of nitrogens with two attached hydrogens (primary N) is 1. The maximum absolute atomic E-state index is 5.94. The topological polar surface area (TPSA) is 38.9 Å². The predicted octanol–water partition coefficient (Wildman–Crippen LogP) is 4.99. The molecule has 21 heavy (non-hydrogen) atoms. The third-order valence-electron chi connectivity index (χ3n) is 3.27. The van der Waals surface area contributed by atoms with E-state index in [1.807, 2.05) is 30.3 Å². The maximum atomic E-state index is 5.94. The number of nitrogens with zero attached hydrogens (tertiary/aromatic N) is 1. The summed E-state index contributed by atoms with van der Waals surface area (Å²) >= 11 is 3.48. The van der Waals surface area contributed by atoms with Gasteiger partial charge in [-0.3, -0.25) is 0 Å². The molecule has 0 aliphatic heterocycles. The molecule has 0 atom stereocenters. The zero-order valence-corrected chi connectivity index (χ0v) is 13.4. The molecule has 0 bridgehead atoms. The van der Waals surface area contributed by atoms with Gasteiger partial charge in [0, 0.05) is 27.3 Å². The highest BCUT2D eigenvalue weighted by Gasteiger charge is 2.07. The molecule has 0 aliphatic rings. The summed E-state index contributed by atoms with van der Waals surface area (Å²) < 4.78 is 0. The largest absolute Gasteiger partial charge is 0.398 e. The van der Waals surface area contributed by atoms with Crippen molar-refractivity contribution in [2.24, 2.45) is 0 Å². The summed E-state index contributed by atoms with van der Waals surface area (Å²) in [5.41, 5.74) is 10.2. The molecule has 0 radical (unpaired) electrons. The third-order valence-corrected chi connectivity index (χ3v) is 5.41. The van der Waals surface area contributed by atoms with Gasteiger partial charge in [0.25, 0.3) is 0 Å². The van der Waals surface area contributed by atoms with E-state index in [2.05, 4.69) is 30.5 Å². The summed E-state index contributed by atoms with van der Waals surface area (Å²) in [6, 6.07) is 16.4. The Bertz CT molecular complexity index is 736. The molecule has 0 fully saturated rings. The molecule has 0 saturated carbocycles. The van der Waals surface area contributed by atoms with Gasteiger partial charge in [0.05, 0.1) is 5.69 Å². The first kappa shape index (κ1) is 14.2. The molecule has 0 aliphatic carbocycles. The fourth-order valence-electron chi connectivity index (χ4n) is 2.03. The molecular formula is C17H16N2S2. The zero-order valence-electron chi connectivity index (χ0n) is 11.7. The summed E-state index contributed by atoms with van der Waals surface area (Å²) in [6.45, 7) is 2.06. The Morgan fingerprint density at radius 1 is 1.10 bits per heavy atom. The number of thiazole rings is 1. The van der Waals surface area contributed by atoms with E-state index in [9.17, 15) is 0 Å². The standard InChI is InChI=1S/C17H16N2S2/c1-12-15(18)8-5-9-16(12)20-10-14-11-21-17(19-14)13-6-3-2-4-7-13/h2-9,11H,10,18H2,1H3. The second-order valence-corrected chi connectivity index (χ2v) is 6.64. The minimum absolute atomic E-state index is 0.850. The summed E-state index contributed by atoms with van der Waals surface area (Å²) in [6.07, 6.45) is 0. The van der Waals surface area contributed by atoms with Crippen molar-refractivity contribution in [2.75, 3.05) is 5.73 Å². The van der Waals surface area contributed by atoms with Crippen LogP contribution in [-0.2, 0) is 5.75 Å². The molecule has 0 unspecified atom stereocenters. The summed E-state index contributed by atoms with van der Waals surface area (Å²) in [7, 11) is 0. The van der Waals surface area contributed by atoms with E-state index in [4.69, 9.17) is 10.7 Å². The van der Waals surface area contributed by atoms with Crippen molar-refractivity contribution in [1.29, 1.82) is 0 Å². The molecule has 2 nitrogen and oxygen atoms in total. The van der Waals surface area contributed by atoms with Crippen molar-refractivity contribution in [3.8, 4) is 10.6 Å². The molecular weight excluding hydrogens is 296 g/mol. The van der Waals surface area contributed by atoms with Crippen LogP contribution in [0.25, 0.3) is 10.6 Å². The molecule has 3 aromatic rings. The molecule has 1 heterocycles. The van der Waals surface area contributed by atoms with Crippen LogP contribution in [0.15, 0.2) is 58.8 Å². The lowest BCUT2D eigenvalue weighted by Crippen LogP contribution is -1.91. The van der Waals surface area contributed by atoms with Crippen molar-refractivity contribution >= 4 is 28.8 Å². The van der Waals surface area contributed by atoms with Crippen molar-refractivity contribution < 1.29 is 0 Å². The van der Waals surface area contributed by atoms with Crippen molar-refractivity contribution in [3.63, 3.8) is 0 Å². The van der Waals surface area contributed by atoms with E-state index in [-0.39, 0.29) is 0 Å². The molecule has 4 heteroatoms. The molecule has 2 N–H and O–H groups in total. The van der Waals surface area contributed by atoms with Gasteiger partial charge in [-0.05, 0) is 24.6 Å². The Morgan fingerprint density at radius 3 is 2.71 bits per heavy atom. The van der Waals surface area contributed by atoms with Crippen LogP contribution < -0.4 is 5.73 Å². The molecule has 2 aromatic carbocycles. The van der Waals surface area contributed by atoms with Gasteiger partial charge in [-0.1, -0.05) is 36.4 Å². The van der Waals surface area contributed by atoms with Gasteiger partial charge in [0.1, 0.15) is 5.01 Å². The number of benzene rings is 2. The van der Waals surface area contributed by atoms with Crippen LogP contribution in [0.1, 0.15) is 11.3 Å². The second kappa shape index (κ2) is 6.33. The van der Waals surface area contributed by atoms with Crippen molar-refractivity contribution in [2.45, 2.75) is 17.6 Å². The number of aromatic nitrogens is 1. The smallest absolute Gasteiger partial charge is 0.123 e. The van der Waals surface area contributed by atoms with Crippen LogP contribution in [0.2, 0.25) is 0 Å². The first-order chi connectivity index (χ1) is 10.2. The predicted molar refractivity (Wildman–Crippen MR) is 92.7 cm³/mol. The van der Waals surface area contributed by atoms with E-state index in [1.165, 1.54) is 10.5 Å². The van der Waals surface area contributed by atoms with Crippen LogP contribution in [0.4, 0.5) is 5.69 Å². The molecule has 0 saturated heterocycles. The van der Waals surface area contributed by atoms with Gasteiger partial charge in [0.2, 0.25) is 0 Å². The van der Waals surface area contributed by atoms with Crippen LogP contribution in [0, 0.1) is 6.92 Å². The number of anilines is 1. The lowest BCUT2D eigenvalue weighted by molar-refractivity contribution is 1.22. The maximum Gasteiger partial charge on any atom is 0.123 e. The minimum atomic E-state index is 0.850. The second-order valence-electron chi connectivity index (χ2n) is 4.77. The van der Waals surface area contributed by atoms with Gasteiger partial charge in [-0.2, -0.15) is 0 Å². The fraction of sp³-hybridized carbons (Fsp3) is 0.118. The van der Waals surface area contributed by atoms with Gasteiger partial charge >= 0.3 is 0 Å². The summed E-state index contributed by atoms with van der Waals surface area (Å²) in [5, 5.41) is 3.22. The van der Waals surface area contributed by atoms with E-state index < -0.39 is 0 Å². The van der Waals surface area contributed by atoms with Gasteiger partial charge < -0.3 is 5.73 Å². The van der Waals surface area contributed by atoms with E-state index in [0.29, 0.717) is 0 Å². The first-order valence-corrected chi connectivity index (χ1v) is 8.58. The quantitative estimate of drug-likeness (QED) is 0.544. The van der Waals surface area contributed by atoms with Gasteiger partial charge in [-0.25, -0.2) is 4.98 Å². The van der Waals surface area contributed by atoms with E-state index in [1.54, 1.807) is 23.1 Å². The summed E-state index contributed by atoms with van der Waals surface area (Å²) in [5.74, 6) is 0.869. The average molecular weight is 312 g/mol. The highest BCUT2D eigenvalue weighted by atomic mass is 32.2. The number of hydrogen-bond donors (Lipinski definition) is 1. The molecule has 0 spiro atoms. The third kappa shape index (κ3) is 3.28. The highest BCUT2D eigenvalue weighted by Crippen LogP contribution is 2.30. The minimum Gasteiger partial charge on any atom is -0.398 e. The normalized spacial score (nSPS) is 10.7. The van der Waals surface area contributed by atoms with Crippen LogP contribution >= 0.6 is 23.1 Å². The van der Waals surface area contributed by atoms with E-state index in [0.717, 1.165) is 27.7 Å².